The van der Waals surface area contributed by atoms with Crippen molar-refractivity contribution in [3.05, 3.63) is 23.8 Å². The van der Waals surface area contributed by atoms with E-state index in [0.29, 0.717) is 30.5 Å². The third-order valence-corrected chi connectivity index (χ3v) is 5.16. The van der Waals surface area contributed by atoms with Crippen LogP contribution >= 0.6 is 11.3 Å². The van der Waals surface area contributed by atoms with Crippen LogP contribution < -0.4 is 11.1 Å². The van der Waals surface area contributed by atoms with Crippen molar-refractivity contribution < 1.29 is 14.3 Å². The first-order valence-electron chi connectivity index (χ1n) is 8.15. The number of amides is 3. The number of urea groups is 1. The Hall–Kier alpha value is -2.59. The van der Waals surface area contributed by atoms with Gasteiger partial charge >= 0.3 is 6.03 Å². The van der Waals surface area contributed by atoms with Gasteiger partial charge in [0.05, 0.1) is 16.3 Å². The quantitative estimate of drug-likeness (QED) is 0.816. The second-order valence-corrected chi connectivity index (χ2v) is 6.91. The Bertz CT molecular complexity index is 824. The number of thiazole rings is 1. The molecule has 1 saturated heterocycles. The number of nitrogens with zero attached hydrogens (tertiary/aromatic N) is 4. The Morgan fingerprint density at radius 3 is 3.00 bits per heavy atom. The molecule has 9 nitrogen and oxygen atoms in total. The summed E-state index contributed by atoms with van der Waals surface area (Å²) in [5.41, 5.74) is 6.84. The molecule has 1 fully saturated rings. The maximum absolute atomic E-state index is 12.5. The first kappa shape index (κ1) is 18.2. The van der Waals surface area contributed by atoms with Gasteiger partial charge in [0.15, 0.2) is 11.0 Å². The van der Waals surface area contributed by atoms with Crippen LogP contribution in [0.15, 0.2) is 12.3 Å². The van der Waals surface area contributed by atoms with E-state index in [1.54, 1.807) is 19.4 Å². The number of anilines is 1. The number of carbonyl (C=O) groups excluding carboxylic acids is 2. The van der Waals surface area contributed by atoms with Gasteiger partial charge in [-0.25, -0.2) is 19.7 Å². The Morgan fingerprint density at radius 2 is 2.27 bits per heavy atom. The van der Waals surface area contributed by atoms with Gasteiger partial charge in [-0.3, -0.25) is 10.1 Å². The highest BCUT2D eigenvalue weighted by atomic mass is 32.1. The summed E-state index contributed by atoms with van der Waals surface area (Å²) in [6.07, 6.45) is 3.01. The summed E-state index contributed by atoms with van der Waals surface area (Å²) in [6.45, 7) is 2.67. The molecule has 3 heterocycles. The fraction of sp³-hybridized carbons (Fsp3) is 0.438. The summed E-state index contributed by atoms with van der Waals surface area (Å²) in [4.78, 5) is 39.2. The fourth-order valence-electron chi connectivity index (χ4n) is 2.88. The molecule has 10 heteroatoms. The Labute approximate surface area is 154 Å². The van der Waals surface area contributed by atoms with E-state index in [4.69, 9.17) is 10.5 Å². The third-order valence-electron chi connectivity index (χ3n) is 4.06. The van der Waals surface area contributed by atoms with E-state index in [9.17, 15) is 9.59 Å². The van der Waals surface area contributed by atoms with Gasteiger partial charge in [0.2, 0.25) is 5.91 Å². The van der Waals surface area contributed by atoms with E-state index in [0.717, 1.165) is 22.7 Å². The molecule has 3 amide bonds. The summed E-state index contributed by atoms with van der Waals surface area (Å²) in [6, 6.07) is 0.859. The monoisotopic (exact) mass is 376 g/mol. The number of aromatic nitrogens is 3. The molecule has 2 aromatic rings. The van der Waals surface area contributed by atoms with Gasteiger partial charge in [0.25, 0.3) is 0 Å². The molecular formula is C16H20N6O3S. The first-order chi connectivity index (χ1) is 12.5. The normalized spacial score (nSPS) is 16.7. The minimum absolute atomic E-state index is 0.318. The number of hydrogen-bond donors (Lipinski definition) is 2. The van der Waals surface area contributed by atoms with Crippen molar-refractivity contribution in [1.82, 2.24) is 19.9 Å². The number of ether oxygens (including phenoxy) is 1. The average Bonchev–Trinajstić information content (AvgIpc) is 3.22. The van der Waals surface area contributed by atoms with Crippen LogP contribution in [0.3, 0.4) is 0 Å². The van der Waals surface area contributed by atoms with Crippen LogP contribution in [-0.4, -0.2) is 51.5 Å². The maximum Gasteiger partial charge on any atom is 0.324 e. The highest BCUT2D eigenvalue weighted by Crippen LogP contribution is 2.32. The zero-order valence-corrected chi connectivity index (χ0v) is 15.4. The van der Waals surface area contributed by atoms with Crippen molar-refractivity contribution >= 4 is 28.4 Å². The molecule has 1 atom stereocenters. The highest BCUT2D eigenvalue weighted by molar-refractivity contribution is 7.19. The third kappa shape index (κ3) is 3.81. The van der Waals surface area contributed by atoms with Crippen molar-refractivity contribution in [3.8, 4) is 10.6 Å². The van der Waals surface area contributed by atoms with E-state index < -0.39 is 11.9 Å². The van der Waals surface area contributed by atoms with Crippen LogP contribution in [-0.2, 0) is 16.1 Å². The molecule has 0 aromatic carbocycles. The molecule has 0 spiro atoms. The first-order valence-corrected chi connectivity index (χ1v) is 8.97. The molecule has 26 heavy (non-hydrogen) atoms. The maximum atomic E-state index is 12.5. The zero-order valence-electron chi connectivity index (χ0n) is 14.6. The lowest BCUT2D eigenvalue weighted by atomic mass is 10.2. The summed E-state index contributed by atoms with van der Waals surface area (Å²) in [5.74, 6) is 0.0880. The van der Waals surface area contributed by atoms with Gasteiger partial charge in [-0.2, -0.15) is 0 Å². The molecule has 1 unspecified atom stereocenters. The topological polar surface area (TPSA) is 123 Å². The second kappa shape index (κ2) is 7.75. The molecular weight excluding hydrogens is 356 g/mol. The molecule has 1 aliphatic heterocycles. The molecule has 0 radical (unpaired) electrons. The largest absolute Gasteiger partial charge is 0.377 e. The molecule has 0 saturated carbocycles. The number of nitrogens with one attached hydrogen (secondary N) is 1. The number of aryl methyl sites for hydroxylation is 1. The van der Waals surface area contributed by atoms with Crippen LogP contribution in [0.1, 0.15) is 24.4 Å². The van der Waals surface area contributed by atoms with Gasteiger partial charge < -0.3 is 15.4 Å². The van der Waals surface area contributed by atoms with Crippen molar-refractivity contribution in [1.29, 1.82) is 0 Å². The van der Waals surface area contributed by atoms with E-state index in [1.807, 2.05) is 6.92 Å². The predicted molar refractivity (Wildman–Crippen MR) is 96.5 cm³/mol. The van der Waals surface area contributed by atoms with Gasteiger partial charge in [0, 0.05) is 19.9 Å². The molecule has 1 aliphatic rings. The average molecular weight is 376 g/mol. The summed E-state index contributed by atoms with van der Waals surface area (Å²) < 4.78 is 5.06. The van der Waals surface area contributed by atoms with Gasteiger partial charge in [-0.15, -0.1) is 0 Å². The van der Waals surface area contributed by atoms with Gasteiger partial charge in [0.1, 0.15) is 12.6 Å². The van der Waals surface area contributed by atoms with Crippen molar-refractivity contribution in [2.45, 2.75) is 32.4 Å². The fourth-order valence-corrected chi connectivity index (χ4v) is 3.81. The number of hydrogen-bond acceptors (Lipinski definition) is 7. The SMILES string of the molecule is COCc1nccc(-c2sc(NC(=O)N3CCCC3C(N)=O)nc2C)n1. The Kier molecular flexibility index (Phi) is 5.43. The van der Waals surface area contributed by atoms with Crippen LogP contribution in [0.2, 0.25) is 0 Å². The number of likely N-dealkylation sites (tertiary alicyclic amines) is 1. The minimum Gasteiger partial charge on any atom is -0.377 e. The molecule has 138 valence electrons. The van der Waals surface area contributed by atoms with Crippen LogP contribution in [0.25, 0.3) is 10.6 Å². The van der Waals surface area contributed by atoms with E-state index in [-0.39, 0.29) is 6.03 Å². The number of carbonyl (C=O) groups is 2. The molecule has 3 N–H and O–H groups in total. The Morgan fingerprint density at radius 1 is 1.46 bits per heavy atom. The zero-order chi connectivity index (χ0) is 18.7. The number of rotatable bonds is 5. The van der Waals surface area contributed by atoms with Crippen LogP contribution in [0.4, 0.5) is 9.93 Å². The summed E-state index contributed by atoms with van der Waals surface area (Å²) in [7, 11) is 1.58. The smallest absolute Gasteiger partial charge is 0.324 e. The molecule has 3 rings (SSSR count). The number of nitrogens with two attached hydrogens (primary N) is 1. The molecule has 2 aromatic heterocycles. The lowest BCUT2D eigenvalue weighted by Gasteiger charge is -2.21. The van der Waals surface area contributed by atoms with Crippen molar-refractivity contribution in [3.63, 3.8) is 0 Å². The van der Waals surface area contributed by atoms with Crippen LogP contribution in [0, 0.1) is 6.92 Å². The minimum atomic E-state index is -0.561. The number of primary amides is 1. The predicted octanol–water partition coefficient (Wildman–Crippen LogP) is 1.54. The van der Waals surface area contributed by atoms with Crippen molar-refractivity contribution in [2.75, 3.05) is 19.0 Å². The Balaban J connectivity index is 1.77. The van der Waals surface area contributed by atoms with Crippen molar-refractivity contribution in [2.24, 2.45) is 5.73 Å². The van der Waals surface area contributed by atoms with E-state index in [2.05, 4.69) is 20.3 Å². The van der Waals surface area contributed by atoms with E-state index in [1.165, 1.54) is 16.2 Å². The van der Waals surface area contributed by atoms with E-state index >= 15 is 0 Å². The summed E-state index contributed by atoms with van der Waals surface area (Å²) >= 11 is 1.32. The highest BCUT2D eigenvalue weighted by Gasteiger charge is 2.33. The molecule has 0 aliphatic carbocycles. The van der Waals surface area contributed by atoms with Gasteiger partial charge in [-0.05, 0) is 25.8 Å². The lowest BCUT2D eigenvalue weighted by molar-refractivity contribution is -0.121. The summed E-state index contributed by atoms with van der Waals surface area (Å²) in [5, 5.41) is 3.21. The standard InChI is InChI=1S/C16H20N6O3S/c1-9-13(10-5-6-18-12(20-10)8-25-2)26-15(19-9)21-16(24)22-7-3-4-11(22)14(17)23/h5-6,11H,3-4,7-8H2,1-2H3,(H2,17,23)(H,19,21,24). The number of methoxy groups -OCH3 is 1. The van der Waals surface area contributed by atoms with Gasteiger partial charge in [-0.1, -0.05) is 11.3 Å². The lowest BCUT2D eigenvalue weighted by Crippen LogP contribution is -2.45. The molecule has 0 bridgehead atoms. The van der Waals surface area contributed by atoms with Crippen LogP contribution in [0.5, 0.6) is 0 Å². The second-order valence-electron chi connectivity index (χ2n) is 5.91.